The molecule has 0 spiro atoms. The highest BCUT2D eigenvalue weighted by molar-refractivity contribution is 5.75. The predicted molar refractivity (Wildman–Crippen MR) is 62.1 cm³/mol. The highest BCUT2D eigenvalue weighted by Crippen LogP contribution is 2.31. The molecule has 4 nitrogen and oxygen atoms in total. The molecule has 1 rings (SSSR count). The SMILES string of the molecule is COC(=O)C(C)NCC1(O)CCC(C)CC1. The maximum absolute atomic E-state index is 11.2. The number of carbonyl (C=O) groups excluding carboxylic acids is 1. The lowest BCUT2D eigenvalue weighted by Gasteiger charge is -2.35. The monoisotopic (exact) mass is 229 g/mol. The van der Waals surface area contributed by atoms with Gasteiger partial charge >= 0.3 is 5.97 Å². The van der Waals surface area contributed by atoms with E-state index in [0.29, 0.717) is 12.5 Å². The second-order valence-corrected chi connectivity index (χ2v) is 5.03. The molecular formula is C12H23NO3. The van der Waals surface area contributed by atoms with Gasteiger partial charge in [0.15, 0.2) is 0 Å². The largest absolute Gasteiger partial charge is 0.468 e. The summed E-state index contributed by atoms with van der Waals surface area (Å²) in [7, 11) is 1.37. The van der Waals surface area contributed by atoms with Gasteiger partial charge in [-0.25, -0.2) is 0 Å². The van der Waals surface area contributed by atoms with Crippen LogP contribution in [0.5, 0.6) is 0 Å². The predicted octanol–water partition coefficient (Wildman–Crippen LogP) is 1.08. The standard InChI is InChI=1S/C12H23NO3/c1-9-4-6-12(15,7-5-9)8-13-10(2)11(14)16-3/h9-10,13,15H,4-8H2,1-3H3. The van der Waals surface area contributed by atoms with Crippen LogP contribution in [0.2, 0.25) is 0 Å². The lowest BCUT2D eigenvalue weighted by molar-refractivity contribution is -0.143. The Morgan fingerprint density at radius 2 is 2.12 bits per heavy atom. The van der Waals surface area contributed by atoms with Crippen LogP contribution in [-0.4, -0.2) is 36.4 Å². The minimum atomic E-state index is -0.644. The highest BCUT2D eigenvalue weighted by Gasteiger charge is 2.32. The molecule has 4 heteroatoms. The molecule has 1 atom stereocenters. The van der Waals surface area contributed by atoms with E-state index in [1.807, 2.05) is 0 Å². The molecule has 0 aliphatic heterocycles. The van der Waals surface area contributed by atoms with Gasteiger partial charge in [0.2, 0.25) is 0 Å². The Balaban J connectivity index is 2.34. The van der Waals surface area contributed by atoms with E-state index in [0.717, 1.165) is 25.7 Å². The number of ether oxygens (including phenoxy) is 1. The molecule has 0 aromatic carbocycles. The Morgan fingerprint density at radius 3 is 2.62 bits per heavy atom. The average molecular weight is 229 g/mol. The van der Waals surface area contributed by atoms with Crippen LogP contribution in [0.3, 0.4) is 0 Å². The van der Waals surface area contributed by atoms with E-state index in [2.05, 4.69) is 17.0 Å². The van der Waals surface area contributed by atoms with E-state index < -0.39 is 5.60 Å². The zero-order chi connectivity index (χ0) is 12.2. The molecule has 1 unspecified atom stereocenters. The molecule has 16 heavy (non-hydrogen) atoms. The van der Waals surface area contributed by atoms with Crippen molar-refractivity contribution in [2.75, 3.05) is 13.7 Å². The number of hydrogen-bond donors (Lipinski definition) is 2. The fourth-order valence-corrected chi connectivity index (χ4v) is 2.08. The van der Waals surface area contributed by atoms with E-state index in [1.165, 1.54) is 7.11 Å². The van der Waals surface area contributed by atoms with E-state index in [1.54, 1.807) is 6.92 Å². The number of carbonyl (C=O) groups is 1. The van der Waals surface area contributed by atoms with Gasteiger partial charge in [-0.05, 0) is 38.5 Å². The van der Waals surface area contributed by atoms with Crippen molar-refractivity contribution in [3.8, 4) is 0 Å². The van der Waals surface area contributed by atoms with Crippen LogP contribution in [0, 0.1) is 5.92 Å². The summed E-state index contributed by atoms with van der Waals surface area (Å²) >= 11 is 0. The second-order valence-electron chi connectivity index (χ2n) is 5.03. The van der Waals surface area contributed by atoms with Crippen molar-refractivity contribution in [1.82, 2.24) is 5.32 Å². The Bertz CT molecular complexity index is 234. The van der Waals surface area contributed by atoms with Crippen LogP contribution < -0.4 is 5.32 Å². The number of aliphatic hydroxyl groups is 1. The van der Waals surface area contributed by atoms with Crippen molar-refractivity contribution in [2.24, 2.45) is 5.92 Å². The van der Waals surface area contributed by atoms with Gasteiger partial charge in [0.25, 0.3) is 0 Å². The summed E-state index contributed by atoms with van der Waals surface area (Å²) in [4.78, 5) is 11.2. The molecule has 0 aromatic heterocycles. The normalized spacial score (nSPS) is 32.1. The number of esters is 1. The summed E-state index contributed by atoms with van der Waals surface area (Å²) in [6.07, 6.45) is 3.75. The first-order chi connectivity index (χ1) is 7.47. The van der Waals surface area contributed by atoms with Gasteiger partial charge in [-0.2, -0.15) is 0 Å². The highest BCUT2D eigenvalue weighted by atomic mass is 16.5. The van der Waals surface area contributed by atoms with Gasteiger partial charge in [-0.15, -0.1) is 0 Å². The van der Waals surface area contributed by atoms with E-state index in [-0.39, 0.29) is 12.0 Å². The van der Waals surface area contributed by atoms with Crippen molar-refractivity contribution in [3.63, 3.8) is 0 Å². The lowest BCUT2D eigenvalue weighted by Crippen LogP contribution is -2.48. The van der Waals surface area contributed by atoms with Crippen molar-refractivity contribution < 1.29 is 14.6 Å². The molecule has 0 saturated heterocycles. The molecule has 0 aromatic rings. The molecule has 94 valence electrons. The molecular weight excluding hydrogens is 206 g/mol. The average Bonchev–Trinajstić information content (AvgIpc) is 2.29. The Labute approximate surface area is 97.4 Å². The van der Waals surface area contributed by atoms with Crippen molar-refractivity contribution >= 4 is 5.97 Å². The summed E-state index contributed by atoms with van der Waals surface area (Å²) < 4.78 is 4.62. The van der Waals surface area contributed by atoms with Crippen LogP contribution in [0.4, 0.5) is 0 Å². The molecule has 1 aliphatic carbocycles. The second kappa shape index (κ2) is 5.64. The van der Waals surface area contributed by atoms with E-state index in [9.17, 15) is 9.90 Å². The zero-order valence-electron chi connectivity index (χ0n) is 10.5. The fourth-order valence-electron chi connectivity index (χ4n) is 2.08. The Kier molecular flexibility index (Phi) is 4.74. The third kappa shape index (κ3) is 3.76. The molecule has 0 heterocycles. The zero-order valence-corrected chi connectivity index (χ0v) is 10.5. The number of rotatable bonds is 4. The van der Waals surface area contributed by atoms with Crippen molar-refractivity contribution in [2.45, 2.75) is 51.2 Å². The van der Waals surface area contributed by atoms with Crippen molar-refractivity contribution in [1.29, 1.82) is 0 Å². The molecule has 0 bridgehead atoms. The van der Waals surface area contributed by atoms with Crippen LogP contribution in [0.1, 0.15) is 39.5 Å². The van der Waals surface area contributed by atoms with Gasteiger partial charge < -0.3 is 15.2 Å². The van der Waals surface area contributed by atoms with E-state index >= 15 is 0 Å². The van der Waals surface area contributed by atoms with Gasteiger partial charge in [-0.1, -0.05) is 6.92 Å². The quantitative estimate of drug-likeness (QED) is 0.708. The van der Waals surface area contributed by atoms with Gasteiger partial charge in [0.1, 0.15) is 6.04 Å². The van der Waals surface area contributed by atoms with Crippen molar-refractivity contribution in [3.05, 3.63) is 0 Å². The first-order valence-electron chi connectivity index (χ1n) is 6.00. The molecule has 0 radical (unpaired) electrons. The molecule has 1 saturated carbocycles. The summed E-state index contributed by atoms with van der Waals surface area (Å²) in [6.45, 7) is 4.43. The summed E-state index contributed by atoms with van der Waals surface area (Å²) in [5, 5.41) is 13.3. The van der Waals surface area contributed by atoms with Crippen LogP contribution in [-0.2, 0) is 9.53 Å². The maximum atomic E-state index is 11.2. The molecule has 1 fully saturated rings. The number of nitrogens with one attached hydrogen (secondary N) is 1. The first-order valence-corrected chi connectivity index (χ1v) is 6.00. The van der Waals surface area contributed by atoms with E-state index in [4.69, 9.17) is 0 Å². The summed E-state index contributed by atoms with van der Waals surface area (Å²) in [6, 6.07) is -0.353. The van der Waals surface area contributed by atoms with Crippen LogP contribution in [0.25, 0.3) is 0 Å². The lowest BCUT2D eigenvalue weighted by atomic mass is 9.79. The molecule has 2 N–H and O–H groups in total. The molecule has 1 aliphatic rings. The van der Waals surface area contributed by atoms with Gasteiger partial charge in [0.05, 0.1) is 12.7 Å². The van der Waals surface area contributed by atoms with Crippen LogP contribution in [0.15, 0.2) is 0 Å². The maximum Gasteiger partial charge on any atom is 0.322 e. The van der Waals surface area contributed by atoms with Gasteiger partial charge in [0, 0.05) is 6.54 Å². The Morgan fingerprint density at radius 1 is 1.56 bits per heavy atom. The summed E-state index contributed by atoms with van der Waals surface area (Å²) in [5.74, 6) is 0.422. The smallest absolute Gasteiger partial charge is 0.322 e. The minimum absolute atomic E-state index is 0.284. The van der Waals surface area contributed by atoms with Gasteiger partial charge in [-0.3, -0.25) is 4.79 Å². The first kappa shape index (κ1) is 13.5. The third-order valence-electron chi connectivity index (χ3n) is 3.50. The van der Waals surface area contributed by atoms with Crippen LogP contribution >= 0.6 is 0 Å². The Hall–Kier alpha value is -0.610. The number of methoxy groups -OCH3 is 1. The minimum Gasteiger partial charge on any atom is -0.468 e. The summed E-state index contributed by atoms with van der Waals surface area (Å²) in [5.41, 5.74) is -0.644. The topological polar surface area (TPSA) is 58.6 Å². The fraction of sp³-hybridized carbons (Fsp3) is 0.917. The third-order valence-corrected chi connectivity index (χ3v) is 3.50. The number of hydrogen-bond acceptors (Lipinski definition) is 4. The molecule has 0 amide bonds.